The maximum atomic E-state index is 13.6. The predicted molar refractivity (Wildman–Crippen MR) is 82.0 cm³/mol. The zero-order chi connectivity index (χ0) is 14.8. The molecule has 0 saturated carbocycles. The summed E-state index contributed by atoms with van der Waals surface area (Å²) in [5.74, 6) is -1.10. The van der Waals surface area contributed by atoms with Crippen LogP contribution >= 0.6 is 22.9 Å². The summed E-state index contributed by atoms with van der Waals surface area (Å²) in [5, 5.41) is 3.29. The van der Waals surface area contributed by atoms with Crippen LogP contribution in [-0.2, 0) is 0 Å². The molecule has 0 bridgehead atoms. The molecule has 2 heterocycles. The first-order chi connectivity index (χ1) is 10.1. The van der Waals surface area contributed by atoms with Gasteiger partial charge in [0, 0.05) is 37.1 Å². The van der Waals surface area contributed by atoms with E-state index in [9.17, 15) is 8.78 Å². The molecule has 3 rings (SSSR count). The van der Waals surface area contributed by atoms with Crippen LogP contribution in [-0.4, -0.2) is 31.1 Å². The molecular weight excluding hydrogens is 314 g/mol. The second-order valence-electron chi connectivity index (χ2n) is 5.03. The molecule has 1 aromatic carbocycles. The number of piperazine rings is 1. The molecule has 2 aromatic rings. The number of nitrogens with zero attached hydrogens (tertiary/aromatic N) is 1. The van der Waals surface area contributed by atoms with E-state index >= 15 is 0 Å². The van der Waals surface area contributed by atoms with E-state index < -0.39 is 11.6 Å². The Morgan fingerprint density at radius 3 is 2.33 bits per heavy atom. The zero-order valence-electron chi connectivity index (χ0n) is 11.3. The number of rotatable bonds is 3. The predicted octanol–water partition coefficient (Wildman–Crippen LogP) is 3.67. The fraction of sp³-hybridized carbons (Fsp3) is 0.333. The molecule has 1 N–H and O–H groups in total. The van der Waals surface area contributed by atoms with Gasteiger partial charge in [-0.2, -0.15) is 0 Å². The van der Waals surface area contributed by atoms with Crippen molar-refractivity contribution in [2.75, 3.05) is 26.2 Å². The van der Waals surface area contributed by atoms with Crippen molar-refractivity contribution in [3.05, 3.63) is 56.7 Å². The highest BCUT2D eigenvalue weighted by Crippen LogP contribution is 2.35. The molecule has 6 heteroatoms. The third-order valence-corrected chi connectivity index (χ3v) is 4.86. The topological polar surface area (TPSA) is 15.3 Å². The average molecular weight is 329 g/mol. The van der Waals surface area contributed by atoms with Gasteiger partial charge in [0.1, 0.15) is 11.6 Å². The molecule has 1 aliphatic heterocycles. The van der Waals surface area contributed by atoms with Gasteiger partial charge in [-0.15, -0.1) is 11.3 Å². The van der Waals surface area contributed by atoms with Crippen molar-refractivity contribution < 1.29 is 8.78 Å². The van der Waals surface area contributed by atoms with Gasteiger partial charge in [-0.05, 0) is 29.8 Å². The quantitative estimate of drug-likeness (QED) is 0.924. The average Bonchev–Trinajstić information content (AvgIpc) is 2.85. The maximum Gasteiger partial charge on any atom is 0.126 e. The maximum absolute atomic E-state index is 13.6. The summed E-state index contributed by atoms with van der Waals surface area (Å²) in [6.45, 7) is 3.40. The Kier molecular flexibility index (Phi) is 4.54. The second kappa shape index (κ2) is 6.40. The van der Waals surface area contributed by atoms with E-state index in [1.54, 1.807) is 0 Å². The summed E-state index contributed by atoms with van der Waals surface area (Å²) in [6, 6.07) is 7.32. The summed E-state index contributed by atoms with van der Waals surface area (Å²) in [6.07, 6.45) is 0. The second-order valence-corrected chi connectivity index (χ2v) is 6.78. The fourth-order valence-electron chi connectivity index (χ4n) is 2.70. The summed E-state index contributed by atoms with van der Waals surface area (Å²) in [4.78, 5) is 3.24. The van der Waals surface area contributed by atoms with E-state index in [2.05, 4.69) is 10.2 Å². The molecule has 21 heavy (non-hydrogen) atoms. The molecule has 1 aromatic heterocycles. The minimum absolute atomic E-state index is 0.158. The van der Waals surface area contributed by atoms with E-state index in [1.807, 2.05) is 12.1 Å². The number of thiophene rings is 1. The van der Waals surface area contributed by atoms with E-state index in [0.717, 1.165) is 37.1 Å². The summed E-state index contributed by atoms with van der Waals surface area (Å²) < 4.78 is 27.8. The van der Waals surface area contributed by atoms with Crippen LogP contribution < -0.4 is 5.32 Å². The lowest BCUT2D eigenvalue weighted by Gasteiger charge is -2.34. The van der Waals surface area contributed by atoms with Crippen LogP contribution in [0.3, 0.4) is 0 Å². The van der Waals surface area contributed by atoms with Crippen molar-refractivity contribution in [1.82, 2.24) is 10.2 Å². The largest absolute Gasteiger partial charge is 0.314 e. The zero-order valence-corrected chi connectivity index (χ0v) is 12.9. The molecule has 1 atom stereocenters. The van der Waals surface area contributed by atoms with E-state index in [1.165, 1.54) is 23.5 Å². The van der Waals surface area contributed by atoms with E-state index in [4.69, 9.17) is 11.6 Å². The highest BCUT2D eigenvalue weighted by molar-refractivity contribution is 7.16. The monoisotopic (exact) mass is 328 g/mol. The molecule has 112 valence electrons. The third-order valence-electron chi connectivity index (χ3n) is 3.58. The highest BCUT2D eigenvalue weighted by atomic mass is 35.5. The number of hydrogen-bond donors (Lipinski definition) is 1. The van der Waals surface area contributed by atoms with Crippen LogP contribution in [0.1, 0.15) is 16.5 Å². The fourth-order valence-corrected chi connectivity index (χ4v) is 3.93. The van der Waals surface area contributed by atoms with E-state index in [0.29, 0.717) is 9.90 Å². The van der Waals surface area contributed by atoms with Gasteiger partial charge >= 0.3 is 0 Å². The normalized spacial score (nSPS) is 17.9. The first kappa shape index (κ1) is 14.9. The molecule has 2 nitrogen and oxygen atoms in total. The summed E-state index contributed by atoms with van der Waals surface area (Å²) in [7, 11) is 0. The number of hydrogen-bond acceptors (Lipinski definition) is 3. The van der Waals surface area contributed by atoms with Crippen molar-refractivity contribution in [2.45, 2.75) is 6.04 Å². The highest BCUT2D eigenvalue weighted by Gasteiger charge is 2.26. The van der Waals surface area contributed by atoms with E-state index in [-0.39, 0.29) is 6.04 Å². The van der Waals surface area contributed by atoms with Crippen molar-refractivity contribution in [2.24, 2.45) is 0 Å². The Hall–Kier alpha value is -1.01. The standard InChI is InChI=1S/C15H15ClF2N2S/c16-14-2-1-13(21-14)15(20-5-3-19-4-6-20)10-7-11(17)9-12(18)8-10/h1-2,7-9,15,19H,3-6H2/t15-/m0/s1. The molecule has 1 aliphatic rings. The lowest BCUT2D eigenvalue weighted by atomic mass is 10.0. The Labute approximate surface area is 131 Å². The first-order valence-corrected chi connectivity index (χ1v) is 7.99. The minimum atomic E-state index is -0.548. The Balaban J connectivity index is 2.02. The first-order valence-electron chi connectivity index (χ1n) is 6.79. The molecular formula is C15H15ClF2N2S. The number of nitrogens with one attached hydrogen (secondary N) is 1. The van der Waals surface area contributed by atoms with Gasteiger partial charge in [-0.3, -0.25) is 4.90 Å². The van der Waals surface area contributed by atoms with Crippen molar-refractivity contribution in [3.63, 3.8) is 0 Å². The van der Waals surface area contributed by atoms with Crippen LogP contribution in [0.2, 0.25) is 4.34 Å². The number of benzene rings is 1. The lowest BCUT2D eigenvalue weighted by Crippen LogP contribution is -2.45. The van der Waals surface area contributed by atoms with Gasteiger partial charge in [-0.1, -0.05) is 11.6 Å². The van der Waals surface area contributed by atoms with Crippen LogP contribution in [0.5, 0.6) is 0 Å². The van der Waals surface area contributed by atoms with Crippen LogP contribution in [0.4, 0.5) is 8.78 Å². The summed E-state index contributed by atoms with van der Waals surface area (Å²) in [5.41, 5.74) is 0.632. The SMILES string of the molecule is Fc1cc(F)cc([C@@H](c2ccc(Cl)s2)N2CCNCC2)c1. The van der Waals surface area contributed by atoms with Gasteiger partial charge in [-0.25, -0.2) is 8.78 Å². The van der Waals surface area contributed by atoms with Gasteiger partial charge in [0.05, 0.1) is 10.4 Å². The molecule has 0 unspecified atom stereocenters. The smallest absolute Gasteiger partial charge is 0.126 e. The van der Waals surface area contributed by atoms with Crippen LogP contribution in [0, 0.1) is 11.6 Å². The Bertz CT molecular complexity index is 606. The molecule has 0 amide bonds. The van der Waals surface area contributed by atoms with Gasteiger partial charge in [0.2, 0.25) is 0 Å². The summed E-state index contributed by atoms with van der Waals surface area (Å²) >= 11 is 7.49. The van der Waals surface area contributed by atoms with Crippen molar-refractivity contribution in [1.29, 1.82) is 0 Å². The molecule has 1 saturated heterocycles. The van der Waals surface area contributed by atoms with Gasteiger partial charge < -0.3 is 5.32 Å². The molecule has 0 radical (unpaired) electrons. The molecule has 0 spiro atoms. The number of halogens is 3. The molecule has 0 aliphatic carbocycles. The Morgan fingerprint density at radius 1 is 1.10 bits per heavy atom. The van der Waals surface area contributed by atoms with Gasteiger partial charge in [0.15, 0.2) is 0 Å². The van der Waals surface area contributed by atoms with Crippen LogP contribution in [0.15, 0.2) is 30.3 Å². The lowest BCUT2D eigenvalue weighted by molar-refractivity contribution is 0.200. The van der Waals surface area contributed by atoms with Crippen molar-refractivity contribution in [3.8, 4) is 0 Å². The minimum Gasteiger partial charge on any atom is -0.314 e. The van der Waals surface area contributed by atoms with Crippen molar-refractivity contribution >= 4 is 22.9 Å². The van der Waals surface area contributed by atoms with Crippen LogP contribution in [0.25, 0.3) is 0 Å². The molecule has 1 fully saturated rings. The Morgan fingerprint density at radius 2 is 1.76 bits per heavy atom. The van der Waals surface area contributed by atoms with Gasteiger partial charge in [0.25, 0.3) is 0 Å². The third kappa shape index (κ3) is 3.43.